The zero-order valence-corrected chi connectivity index (χ0v) is 20.2. The van der Waals surface area contributed by atoms with Crippen molar-refractivity contribution in [2.75, 3.05) is 18.2 Å². The number of anilines is 1. The maximum absolute atomic E-state index is 13.0. The van der Waals surface area contributed by atoms with Crippen LogP contribution >= 0.6 is 11.8 Å². The van der Waals surface area contributed by atoms with Gasteiger partial charge in [0.05, 0.1) is 23.9 Å². The summed E-state index contributed by atoms with van der Waals surface area (Å²) in [6, 6.07) is 16.1. The number of para-hydroxylation sites is 2. The van der Waals surface area contributed by atoms with Gasteiger partial charge in [-0.3, -0.25) is 14.7 Å². The Morgan fingerprint density at radius 2 is 1.85 bits per heavy atom. The first-order valence-corrected chi connectivity index (χ1v) is 12.6. The number of hydrogen-bond acceptors (Lipinski definition) is 6. The van der Waals surface area contributed by atoms with E-state index in [1.807, 2.05) is 54.0 Å². The molecule has 1 amide bonds. The van der Waals surface area contributed by atoms with Crippen molar-refractivity contribution in [2.45, 2.75) is 50.2 Å². The van der Waals surface area contributed by atoms with E-state index in [1.54, 1.807) is 7.11 Å². The molecule has 2 aromatic heterocycles. The average molecular weight is 477 g/mol. The number of ether oxygens (including phenoxy) is 1. The molecule has 1 N–H and O–H groups in total. The van der Waals surface area contributed by atoms with Gasteiger partial charge in [0.15, 0.2) is 5.16 Å². The highest BCUT2D eigenvalue weighted by molar-refractivity contribution is 7.99. The van der Waals surface area contributed by atoms with Gasteiger partial charge in [-0.15, -0.1) is 10.2 Å². The van der Waals surface area contributed by atoms with Crippen molar-refractivity contribution in [1.29, 1.82) is 0 Å². The van der Waals surface area contributed by atoms with Crippen molar-refractivity contribution in [3.8, 4) is 11.4 Å². The number of rotatable bonds is 7. The van der Waals surface area contributed by atoms with Crippen molar-refractivity contribution in [1.82, 2.24) is 24.3 Å². The molecule has 8 nitrogen and oxygen atoms in total. The number of hydrogen-bond donors (Lipinski definition) is 1. The van der Waals surface area contributed by atoms with Gasteiger partial charge in [0.2, 0.25) is 11.9 Å². The van der Waals surface area contributed by atoms with Gasteiger partial charge in [0, 0.05) is 11.7 Å². The first-order chi connectivity index (χ1) is 16.6. The Balaban J connectivity index is 1.33. The molecule has 0 aliphatic heterocycles. The molecule has 2 aromatic carbocycles. The van der Waals surface area contributed by atoms with E-state index in [9.17, 15) is 4.79 Å². The molecule has 2 heterocycles. The van der Waals surface area contributed by atoms with Gasteiger partial charge in [-0.25, -0.2) is 4.98 Å². The van der Waals surface area contributed by atoms with Crippen LogP contribution in [0.2, 0.25) is 0 Å². The summed E-state index contributed by atoms with van der Waals surface area (Å²) in [5.74, 6) is 2.27. The largest absolute Gasteiger partial charge is 0.497 e. The summed E-state index contributed by atoms with van der Waals surface area (Å²) in [5.41, 5.74) is 2.91. The zero-order valence-electron chi connectivity index (χ0n) is 19.4. The van der Waals surface area contributed by atoms with Crippen LogP contribution in [0.3, 0.4) is 0 Å². The molecule has 0 bridgehead atoms. The summed E-state index contributed by atoms with van der Waals surface area (Å²) in [6.45, 7) is 1.90. The lowest BCUT2D eigenvalue weighted by Crippen LogP contribution is -2.21. The molecule has 1 saturated carbocycles. The van der Waals surface area contributed by atoms with E-state index in [-0.39, 0.29) is 11.7 Å². The number of amides is 1. The predicted octanol–water partition coefficient (Wildman–Crippen LogP) is 5.17. The minimum absolute atomic E-state index is 0.112. The molecule has 0 atom stereocenters. The molecule has 0 saturated heterocycles. The highest BCUT2D eigenvalue weighted by Gasteiger charge is 2.23. The lowest BCUT2D eigenvalue weighted by atomic mass is 9.95. The van der Waals surface area contributed by atoms with Crippen LogP contribution in [0.1, 0.15) is 44.0 Å². The van der Waals surface area contributed by atoms with Gasteiger partial charge in [0.25, 0.3) is 0 Å². The molecular weight excluding hydrogens is 448 g/mol. The van der Waals surface area contributed by atoms with Crippen LogP contribution in [0.25, 0.3) is 16.7 Å². The number of carbonyl (C=O) groups is 1. The number of carbonyl (C=O) groups excluding carboxylic acids is 1. The fraction of sp³-hybridized carbons (Fsp3) is 0.360. The van der Waals surface area contributed by atoms with E-state index in [0.29, 0.717) is 17.1 Å². The summed E-state index contributed by atoms with van der Waals surface area (Å²) in [6.07, 6.45) is 5.92. The smallest absolute Gasteiger partial charge is 0.237 e. The molecular formula is C25H28N6O2S. The van der Waals surface area contributed by atoms with E-state index in [1.165, 1.54) is 31.0 Å². The third-order valence-electron chi connectivity index (χ3n) is 6.25. The fourth-order valence-electron chi connectivity index (χ4n) is 4.60. The molecule has 9 heteroatoms. The first kappa shape index (κ1) is 22.5. The van der Waals surface area contributed by atoms with Gasteiger partial charge >= 0.3 is 0 Å². The standard InChI is InChI=1S/C25H28N6O2S/c1-17-28-29-25(30(17)19-12-14-20(33-2)15-13-19)34-16-23(32)27-24-26-21-10-6-7-11-22(21)31(24)18-8-4-3-5-9-18/h6-7,10-15,18H,3-5,8-9,16H2,1-2H3,(H,26,27,32). The SMILES string of the molecule is COc1ccc(-n2c(C)nnc2SCC(=O)Nc2nc3ccccc3n2C2CCCCC2)cc1. The Morgan fingerprint density at radius 1 is 1.09 bits per heavy atom. The number of nitrogens with zero attached hydrogens (tertiary/aromatic N) is 5. The second-order valence-electron chi connectivity index (χ2n) is 8.49. The van der Waals surface area contributed by atoms with Gasteiger partial charge in [-0.1, -0.05) is 43.2 Å². The Morgan fingerprint density at radius 3 is 2.62 bits per heavy atom. The topological polar surface area (TPSA) is 86.9 Å². The quantitative estimate of drug-likeness (QED) is 0.370. The molecule has 4 aromatic rings. The lowest BCUT2D eigenvalue weighted by molar-refractivity contribution is -0.113. The van der Waals surface area contributed by atoms with Crippen LogP contribution in [-0.2, 0) is 4.79 Å². The normalized spacial score (nSPS) is 14.4. The minimum atomic E-state index is -0.112. The number of aromatic nitrogens is 5. The van der Waals surface area contributed by atoms with Crippen molar-refractivity contribution in [2.24, 2.45) is 0 Å². The first-order valence-electron chi connectivity index (χ1n) is 11.6. The lowest BCUT2D eigenvalue weighted by Gasteiger charge is -2.25. The number of aryl methyl sites for hydroxylation is 1. The molecule has 1 aliphatic carbocycles. The van der Waals surface area contributed by atoms with Crippen molar-refractivity contribution in [3.05, 3.63) is 54.4 Å². The van der Waals surface area contributed by atoms with Gasteiger partial charge in [0.1, 0.15) is 11.6 Å². The molecule has 176 valence electrons. The number of thioether (sulfide) groups is 1. The van der Waals surface area contributed by atoms with E-state index in [4.69, 9.17) is 9.72 Å². The number of benzene rings is 2. The molecule has 1 aliphatic rings. The molecule has 0 radical (unpaired) electrons. The van der Waals surface area contributed by atoms with Crippen LogP contribution in [0.5, 0.6) is 5.75 Å². The van der Waals surface area contributed by atoms with Crippen LogP contribution in [0, 0.1) is 6.92 Å². The summed E-state index contributed by atoms with van der Waals surface area (Å²) in [7, 11) is 1.64. The van der Waals surface area contributed by atoms with Crippen molar-refractivity contribution in [3.63, 3.8) is 0 Å². The summed E-state index contributed by atoms with van der Waals surface area (Å²) in [5, 5.41) is 12.2. The van der Waals surface area contributed by atoms with Crippen LogP contribution in [0.4, 0.5) is 5.95 Å². The van der Waals surface area contributed by atoms with Crippen molar-refractivity contribution >= 4 is 34.7 Å². The summed E-state index contributed by atoms with van der Waals surface area (Å²) >= 11 is 1.36. The predicted molar refractivity (Wildman–Crippen MR) is 134 cm³/mol. The monoisotopic (exact) mass is 476 g/mol. The fourth-order valence-corrected chi connectivity index (χ4v) is 5.39. The van der Waals surface area contributed by atoms with Crippen LogP contribution in [-0.4, -0.2) is 43.1 Å². The second-order valence-corrected chi connectivity index (χ2v) is 9.43. The van der Waals surface area contributed by atoms with E-state index < -0.39 is 0 Å². The number of nitrogens with one attached hydrogen (secondary N) is 1. The summed E-state index contributed by atoms with van der Waals surface area (Å²) in [4.78, 5) is 17.7. The Bertz CT molecular complexity index is 1290. The van der Waals surface area contributed by atoms with Gasteiger partial charge in [-0.05, 0) is 56.2 Å². The van der Waals surface area contributed by atoms with Gasteiger partial charge < -0.3 is 9.30 Å². The van der Waals surface area contributed by atoms with Gasteiger partial charge in [-0.2, -0.15) is 0 Å². The van der Waals surface area contributed by atoms with Crippen LogP contribution in [0.15, 0.2) is 53.7 Å². The highest BCUT2D eigenvalue weighted by atomic mass is 32.2. The number of methoxy groups -OCH3 is 1. The Kier molecular flexibility index (Phi) is 6.53. The molecule has 0 unspecified atom stereocenters. The number of imidazole rings is 1. The van der Waals surface area contributed by atoms with E-state index in [0.717, 1.165) is 41.1 Å². The molecule has 34 heavy (non-hydrogen) atoms. The molecule has 1 fully saturated rings. The van der Waals surface area contributed by atoms with E-state index in [2.05, 4.69) is 26.1 Å². The average Bonchev–Trinajstić information content (AvgIpc) is 3.42. The summed E-state index contributed by atoms with van der Waals surface area (Å²) < 4.78 is 9.41. The maximum Gasteiger partial charge on any atom is 0.237 e. The molecule has 0 spiro atoms. The highest BCUT2D eigenvalue weighted by Crippen LogP contribution is 2.34. The zero-order chi connectivity index (χ0) is 23.5. The Labute approximate surface area is 202 Å². The second kappa shape index (κ2) is 9.89. The number of fused-ring (bicyclic) bond motifs is 1. The third-order valence-corrected chi connectivity index (χ3v) is 7.17. The van der Waals surface area contributed by atoms with Crippen molar-refractivity contribution < 1.29 is 9.53 Å². The Hall–Kier alpha value is -3.33. The maximum atomic E-state index is 13.0. The minimum Gasteiger partial charge on any atom is -0.497 e. The molecule has 5 rings (SSSR count). The van der Waals surface area contributed by atoms with Crippen LogP contribution < -0.4 is 10.1 Å². The third kappa shape index (κ3) is 4.52. The van der Waals surface area contributed by atoms with E-state index >= 15 is 0 Å².